The molecule has 198 valence electrons. The molecule has 0 aromatic heterocycles. The number of ether oxygens (including phenoxy) is 2. The summed E-state index contributed by atoms with van der Waals surface area (Å²) in [6, 6.07) is 9.81. The van der Waals surface area contributed by atoms with Gasteiger partial charge >= 0.3 is 7.82 Å². The Kier molecular flexibility index (Phi) is 19.8. The molecular formula is C27H49O6P. The summed E-state index contributed by atoms with van der Waals surface area (Å²) in [4.78, 5) is 18.0. The minimum atomic E-state index is -4.50. The molecule has 1 unspecified atom stereocenters. The summed E-state index contributed by atoms with van der Waals surface area (Å²) in [6.45, 7) is 3.98. The van der Waals surface area contributed by atoms with Gasteiger partial charge in [-0.2, -0.15) is 0 Å². The van der Waals surface area contributed by atoms with Crippen LogP contribution in [0.2, 0.25) is 0 Å². The van der Waals surface area contributed by atoms with Gasteiger partial charge in [0.15, 0.2) is 0 Å². The quantitative estimate of drug-likeness (QED) is 0.113. The third-order valence-corrected chi connectivity index (χ3v) is 6.42. The Morgan fingerprint density at radius 1 is 0.706 bits per heavy atom. The second-order valence-corrected chi connectivity index (χ2v) is 10.6. The van der Waals surface area contributed by atoms with Gasteiger partial charge in [0.25, 0.3) is 0 Å². The predicted octanol–water partition coefficient (Wildman–Crippen LogP) is 7.43. The first-order valence-electron chi connectivity index (χ1n) is 13.4. The molecule has 0 spiro atoms. The first kappa shape index (κ1) is 31.3. The van der Waals surface area contributed by atoms with Crippen LogP contribution in [-0.4, -0.2) is 36.2 Å². The summed E-state index contributed by atoms with van der Waals surface area (Å²) in [5.74, 6) is -0.219. The Labute approximate surface area is 208 Å². The first-order chi connectivity index (χ1) is 16.5. The lowest BCUT2D eigenvalue weighted by molar-refractivity contribution is 0.00942. The smallest absolute Gasteiger partial charge is 0.381 e. The molecule has 0 aliphatic heterocycles. The van der Waals surface area contributed by atoms with Crippen LogP contribution in [0, 0.1) is 5.92 Å². The van der Waals surface area contributed by atoms with Crippen molar-refractivity contribution in [1.29, 1.82) is 0 Å². The van der Waals surface area contributed by atoms with Crippen molar-refractivity contribution >= 4 is 7.82 Å². The first-order valence-corrected chi connectivity index (χ1v) is 14.9. The highest BCUT2D eigenvalue weighted by molar-refractivity contribution is 7.46. The fourth-order valence-corrected chi connectivity index (χ4v) is 4.32. The van der Waals surface area contributed by atoms with E-state index in [0.29, 0.717) is 26.4 Å². The van der Waals surface area contributed by atoms with Crippen molar-refractivity contribution in [3.05, 3.63) is 35.9 Å². The van der Waals surface area contributed by atoms with Gasteiger partial charge in [-0.3, -0.25) is 4.52 Å². The molecule has 1 rings (SSSR count). The average Bonchev–Trinajstić information content (AvgIpc) is 2.82. The highest BCUT2D eigenvalue weighted by atomic mass is 31.2. The van der Waals surface area contributed by atoms with Crippen molar-refractivity contribution in [2.75, 3.05) is 26.4 Å². The predicted molar refractivity (Wildman–Crippen MR) is 139 cm³/mol. The zero-order valence-electron chi connectivity index (χ0n) is 21.4. The Hall–Kier alpha value is -0.750. The van der Waals surface area contributed by atoms with E-state index in [1.54, 1.807) is 0 Å². The minimum Gasteiger partial charge on any atom is -0.381 e. The molecule has 6 nitrogen and oxygen atoms in total. The lowest BCUT2D eigenvalue weighted by Gasteiger charge is -2.18. The van der Waals surface area contributed by atoms with Crippen LogP contribution in [0.4, 0.5) is 0 Å². The molecule has 0 saturated heterocycles. The largest absolute Gasteiger partial charge is 0.469 e. The Bertz CT molecular complexity index is 606. The highest BCUT2D eigenvalue weighted by Crippen LogP contribution is 2.36. The van der Waals surface area contributed by atoms with Crippen LogP contribution in [0.3, 0.4) is 0 Å². The van der Waals surface area contributed by atoms with Crippen molar-refractivity contribution in [2.24, 2.45) is 5.92 Å². The van der Waals surface area contributed by atoms with Crippen molar-refractivity contribution in [2.45, 2.75) is 103 Å². The van der Waals surface area contributed by atoms with Crippen LogP contribution in [0.5, 0.6) is 0 Å². The van der Waals surface area contributed by atoms with Crippen LogP contribution in [0.1, 0.15) is 102 Å². The zero-order chi connectivity index (χ0) is 24.7. The molecule has 0 saturated carbocycles. The van der Waals surface area contributed by atoms with E-state index >= 15 is 0 Å². The third kappa shape index (κ3) is 20.6. The summed E-state index contributed by atoms with van der Waals surface area (Å²) in [5.41, 5.74) is 1.06. The van der Waals surface area contributed by atoms with Gasteiger partial charge in [0.1, 0.15) is 0 Å². The molecule has 0 amide bonds. The molecule has 0 bridgehead atoms. The molecule has 7 heteroatoms. The zero-order valence-corrected chi connectivity index (χ0v) is 22.3. The Morgan fingerprint density at radius 3 is 1.74 bits per heavy atom. The molecule has 1 aromatic rings. The third-order valence-electron chi connectivity index (χ3n) is 5.94. The van der Waals surface area contributed by atoms with Gasteiger partial charge in [-0.1, -0.05) is 121 Å². The maximum absolute atomic E-state index is 11.0. The molecule has 1 aromatic carbocycles. The van der Waals surface area contributed by atoms with E-state index in [1.807, 2.05) is 30.3 Å². The van der Waals surface area contributed by atoms with Gasteiger partial charge < -0.3 is 19.3 Å². The fraction of sp³-hybridized carbons (Fsp3) is 0.778. The van der Waals surface area contributed by atoms with Crippen LogP contribution < -0.4 is 0 Å². The number of unbranched alkanes of at least 4 members (excludes halogenated alkanes) is 13. The highest BCUT2D eigenvalue weighted by Gasteiger charge is 2.19. The maximum atomic E-state index is 11.0. The minimum absolute atomic E-state index is 0.0855. The van der Waals surface area contributed by atoms with Crippen molar-refractivity contribution < 1.29 is 28.3 Å². The number of benzene rings is 1. The van der Waals surface area contributed by atoms with Crippen LogP contribution in [-0.2, 0) is 25.2 Å². The van der Waals surface area contributed by atoms with Gasteiger partial charge in [0.05, 0.1) is 26.4 Å². The summed E-state index contributed by atoms with van der Waals surface area (Å²) in [5, 5.41) is 0. The molecule has 34 heavy (non-hydrogen) atoms. The standard InChI is InChI=1S/C27H49O6P/c1-2-3-4-5-6-7-8-9-10-11-12-13-14-18-21-31-23-27(25-33-34(28,29)30)24-32-22-26-19-16-15-17-20-26/h15-17,19-20,27H,2-14,18,21-25H2,1H3,(H2,28,29,30). The SMILES string of the molecule is CCCCCCCCCCCCCCCCOCC(COCc1ccccc1)COP(=O)(O)O. The van der Waals surface area contributed by atoms with E-state index in [0.717, 1.165) is 18.4 Å². The second kappa shape index (κ2) is 21.5. The Balaban J connectivity index is 2.00. The molecule has 1 atom stereocenters. The van der Waals surface area contributed by atoms with Gasteiger partial charge in [-0.05, 0) is 12.0 Å². The van der Waals surface area contributed by atoms with Crippen LogP contribution in [0.25, 0.3) is 0 Å². The van der Waals surface area contributed by atoms with Gasteiger partial charge in [-0.15, -0.1) is 0 Å². The van der Waals surface area contributed by atoms with E-state index in [2.05, 4.69) is 11.4 Å². The summed E-state index contributed by atoms with van der Waals surface area (Å²) < 4.78 is 27.2. The Morgan fingerprint density at radius 2 is 1.21 bits per heavy atom. The number of hydrogen-bond acceptors (Lipinski definition) is 4. The van der Waals surface area contributed by atoms with E-state index in [4.69, 9.17) is 19.3 Å². The van der Waals surface area contributed by atoms with Crippen molar-refractivity contribution in [3.63, 3.8) is 0 Å². The summed E-state index contributed by atoms with van der Waals surface area (Å²) >= 11 is 0. The molecule has 0 fully saturated rings. The maximum Gasteiger partial charge on any atom is 0.469 e. The summed E-state index contributed by atoms with van der Waals surface area (Å²) in [7, 11) is -4.50. The number of phosphoric acid groups is 1. The van der Waals surface area contributed by atoms with E-state index in [-0.39, 0.29) is 12.5 Å². The van der Waals surface area contributed by atoms with Gasteiger partial charge in [-0.25, -0.2) is 4.57 Å². The van der Waals surface area contributed by atoms with Crippen LogP contribution >= 0.6 is 7.82 Å². The normalized spacial score (nSPS) is 12.8. The number of phosphoric ester groups is 1. The van der Waals surface area contributed by atoms with Gasteiger partial charge in [0.2, 0.25) is 0 Å². The molecule has 0 heterocycles. The average molecular weight is 501 g/mol. The molecule has 2 N–H and O–H groups in total. The summed E-state index contributed by atoms with van der Waals surface area (Å²) in [6.07, 6.45) is 18.5. The lowest BCUT2D eigenvalue weighted by Crippen LogP contribution is -2.21. The molecule has 0 radical (unpaired) electrons. The molecule has 0 aliphatic carbocycles. The van der Waals surface area contributed by atoms with Crippen molar-refractivity contribution in [1.82, 2.24) is 0 Å². The number of rotatable bonds is 24. The monoisotopic (exact) mass is 500 g/mol. The van der Waals surface area contributed by atoms with Crippen LogP contribution in [0.15, 0.2) is 30.3 Å². The fourth-order valence-electron chi connectivity index (χ4n) is 3.91. The van der Waals surface area contributed by atoms with E-state index in [1.165, 1.54) is 77.0 Å². The molecule has 0 aliphatic rings. The topological polar surface area (TPSA) is 85.2 Å². The van der Waals surface area contributed by atoms with Gasteiger partial charge in [0, 0.05) is 12.5 Å². The van der Waals surface area contributed by atoms with Crippen molar-refractivity contribution in [3.8, 4) is 0 Å². The number of hydrogen-bond donors (Lipinski definition) is 2. The lowest BCUT2D eigenvalue weighted by atomic mass is 10.0. The van der Waals surface area contributed by atoms with E-state index in [9.17, 15) is 4.57 Å². The van der Waals surface area contributed by atoms with E-state index < -0.39 is 7.82 Å². The second-order valence-electron chi connectivity index (χ2n) is 9.32. The molecular weight excluding hydrogens is 451 g/mol.